The Balaban J connectivity index is 2.21. The second-order valence-corrected chi connectivity index (χ2v) is 3.89. The summed E-state index contributed by atoms with van der Waals surface area (Å²) >= 11 is 5.39. The largest absolute Gasteiger partial charge is 0.352 e. The maximum atomic E-state index is 11.4. The summed E-state index contributed by atoms with van der Waals surface area (Å²) in [6, 6.07) is -0.138. The predicted octanol–water partition coefficient (Wildman–Crippen LogP) is 0.399. The highest BCUT2D eigenvalue weighted by atomic mass is 35.5. The number of nitrogens with one attached hydrogen (secondary N) is 2. The Bertz CT molecular complexity index is 229. The van der Waals surface area contributed by atoms with E-state index in [9.17, 15) is 9.59 Å². The van der Waals surface area contributed by atoms with Crippen LogP contribution in [-0.2, 0) is 9.59 Å². The van der Waals surface area contributed by atoms with Crippen molar-refractivity contribution in [2.45, 2.75) is 38.3 Å². The molecule has 0 aromatic carbocycles. The van der Waals surface area contributed by atoms with Crippen molar-refractivity contribution in [2.24, 2.45) is 0 Å². The van der Waals surface area contributed by atoms with Crippen LogP contribution >= 0.6 is 11.6 Å². The smallest absolute Gasteiger partial charge is 0.242 e. The van der Waals surface area contributed by atoms with Crippen LogP contribution in [0.3, 0.4) is 0 Å². The molecule has 0 aromatic rings. The third kappa shape index (κ3) is 3.96. The number of carbonyl (C=O) groups excluding carboxylic acids is 2. The molecule has 5 heteroatoms. The first kappa shape index (κ1) is 11.3. The molecule has 4 nitrogen and oxygen atoms in total. The number of amides is 2. The van der Waals surface area contributed by atoms with Gasteiger partial charge in [-0.3, -0.25) is 9.59 Å². The number of hydrogen-bond acceptors (Lipinski definition) is 2. The fourth-order valence-corrected chi connectivity index (χ4v) is 1.19. The molecule has 2 N–H and O–H groups in total. The highest BCUT2D eigenvalue weighted by molar-refractivity contribution is 6.18. The lowest BCUT2D eigenvalue weighted by atomic mass is 10.3. The number of halogens is 1. The number of hydrogen-bond donors (Lipinski definition) is 2. The zero-order valence-corrected chi connectivity index (χ0v) is 8.93. The predicted molar refractivity (Wildman–Crippen MR) is 54.1 cm³/mol. The fourth-order valence-electron chi connectivity index (χ4n) is 1.02. The van der Waals surface area contributed by atoms with E-state index in [1.165, 1.54) is 0 Å². The Morgan fingerprint density at radius 3 is 2.64 bits per heavy atom. The van der Waals surface area contributed by atoms with Gasteiger partial charge in [-0.05, 0) is 19.8 Å². The Hall–Kier alpha value is -0.770. The zero-order valence-electron chi connectivity index (χ0n) is 8.18. The van der Waals surface area contributed by atoms with Crippen molar-refractivity contribution < 1.29 is 9.59 Å². The van der Waals surface area contributed by atoms with Gasteiger partial charge < -0.3 is 10.6 Å². The van der Waals surface area contributed by atoms with E-state index in [4.69, 9.17) is 11.6 Å². The van der Waals surface area contributed by atoms with E-state index < -0.39 is 6.04 Å². The van der Waals surface area contributed by atoms with Gasteiger partial charge in [-0.15, -0.1) is 11.6 Å². The van der Waals surface area contributed by atoms with Crippen LogP contribution in [0.15, 0.2) is 0 Å². The van der Waals surface area contributed by atoms with Crippen LogP contribution in [0.4, 0.5) is 0 Å². The summed E-state index contributed by atoms with van der Waals surface area (Å²) in [5, 5.41) is 5.39. The summed E-state index contributed by atoms with van der Waals surface area (Å²) in [4.78, 5) is 22.5. The highest BCUT2D eigenvalue weighted by Gasteiger charge is 2.25. The first-order valence-corrected chi connectivity index (χ1v) is 5.32. The standard InChI is InChI=1S/C9H15ClN2O2/c1-6(11-8(13)4-5-10)9(14)12-7-2-3-7/h6-7H,2-5H2,1H3,(H,11,13)(H,12,14). The van der Waals surface area contributed by atoms with Crippen LogP contribution in [0.25, 0.3) is 0 Å². The van der Waals surface area contributed by atoms with Crippen LogP contribution < -0.4 is 10.6 Å². The third-order valence-electron chi connectivity index (χ3n) is 2.02. The van der Waals surface area contributed by atoms with Crippen molar-refractivity contribution in [2.75, 3.05) is 5.88 Å². The van der Waals surface area contributed by atoms with E-state index >= 15 is 0 Å². The van der Waals surface area contributed by atoms with E-state index in [1.54, 1.807) is 6.92 Å². The molecule has 0 bridgehead atoms. The summed E-state index contributed by atoms with van der Waals surface area (Å²) < 4.78 is 0. The third-order valence-corrected chi connectivity index (χ3v) is 2.21. The average Bonchev–Trinajstić information content (AvgIpc) is 2.88. The average molecular weight is 219 g/mol. The van der Waals surface area contributed by atoms with Crippen molar-refractivity contribution in [3.8, 4) is 0 Å². The first-order valence-electron chi connectivity index (χ1n) is 4.79. The SMILES string of the molecule is CC(NC(=O)CCCl)C(=O)NC1CC1. The number of alkyl halides is 1. The van der Waals surface area contributed by atoms with Crippen LogP contribution in [0.2, 0.25) is 0 Å². The molecule has 0 saturated heterocycles. The minimum atomic E-state index is -0.466. The highest BCUT2D eigenvalue weighted by Crippen LogP contribution is 2.18. The van der Waals surface area contributed by atoms with Gasteiger partial charge >= 0.3 is 0 Å². The first-order chi connectivity index (χ1) is 6.63. The summed E-state index contributed by atoms with van der Waals surface area (Å²) in [6.07, 6.45) is 2.35. The molecule has 14 heavy (non-hydrogen) atoms. The van der Waals surface area contributed by atoms with Crippen LogP contribution in [0.5, 0.6) is 0 Å². The molecule has 1 aliphatic rings. The molecule has 0 aromatic heterocycles. The molecular formula is C9H15ClN2O2. The second kappa shape index (κ2) is 5.20. The van der Waals surface area contributed by atoms with Crippen LogP contribution in [0, 0.1) is 0 Å². The Kier molecular flexibility index (Phi) is 4.20. The molecule has 1 saturated carbocycles. The lowest BCUT2D eigenvalue weighted by Crippen LogP contribution is -2.45. The molecule has 0 heterocycles. The Labute approximate surface area is 88.4 Å². The maximum Gasteiger partial charge on any atom is 0.242 e. The summed E-state index contributed by atoms with van der Waals surface area (Å²) in [6.45, 7) is 1.67. The van der Waals surface area contributed by atoms with E-state index in [0.717, 1.165) is 12.8 Å². The Morgan fingerprint density at radius 1 is 1.50 bits per heavy atom. The summed E-state index contributed by atoms with van der Waals surface area (Å²) in [5.74, 6) is -0.0168. The summed E-state index contributed by atoms with van der Waals surface area (Å²) in [7, 11) is 0. The minimum Gasteiger partial charge on any atom is -0.352 e. The molecule has 0 aliphatic heterocycles. The van der Waals surface area contributed by atoms with Crippen LogP contribution in [-0.4, -0.2) is 29.8 Å². The van der Waals surface area contributed by atoms with Gasteiger partial charge in [0.05, 0.1) is 0 Å². The van der Waals surface area contributed by atoms with Gasteiger partial charge in [0.25, 0.3) is 0 Å². The lowest BCUT2D eigenvalue weighted by molar-refractivity contribution is -0.128. The second-order valence-electron chi connectivity index (χ2n) is 3.51. The number of rotatable bonds is 5. The maximum absolute atomic E-state index is 11.4. The molecule has 1 aliphatic carbocycles. The van der Waals surface area contributed by atoms with Crippen LogP contribution in [0.1, 0.15) is 26.2 Å². The van der Waals surface area contributed by atoms with Gasteiger partial charge in [0.2, 0.25) is 11.8 Å². The molecule has 0 spiro atoms. The quantitative estimate of drug-likeness (QED) is 0.657. The Morgan fingerprint density at radius 2 is 2.14 bits per heavy atom. The van der Waals surface area contributed by atoms with Gasteiger partial charge in [-0.1, -0.05) is 0 Å². The van der Waals surface area contributed by atoms with E-state index in [1.807, 2.05) is 0 Å². The lowest BCUT2D eigenvalue weighted by Gasteiger charge is -2.13. The zero-order chi connectivity index (χ0) is 10.6. The minimum absolute atomic E-state index is 0.115. The van der Waals surface area contributed by atoms with Crippen molar-refractivity contribution in [1.29, 1.82) is 0 Å². The van der Waals surface area contributed by atoms with Crippen molar-refractivity contribution in [3.63, 3.8) is 0 Å². The van der Waals surface area contributed by atoms with Gasteiger partial charge in [-0.2, -0.15) is 0 Å². The molecule has 1 unspecified atom stereocenters. The normalized spacial score (nSPS) is 17.3. The molecule has 1 fully saturated rings. The van der Waals surface area contributed by atoms with Crippen molar-refractivity contribution in [1.82, 2.24) is 10.6 Å². The van der Waals surface area contributed by atoms with E-state index in [-0.39, 0.29) is 24.1 Å². The number of carbonyl (C=O) groups is 2. The molecule has 0 radical (unpaired) electrons. The van der Waals surface area contributed by atoms with E-state index in [2.05, 4.69) is 10.6 Å². The van der Waals surface area contributed by atoms with Gasteiger partial charge in [0, 0.05) is 18.3 Å². The summed E-state index contributed by atoms with van der Waals surface area (Å²) in [5.41, 5.74) is 0. The molecule has 80 valence electrons. The monoisotopic (exact) mass is 218 g/mol. The molecule has 1 atom stereocenters. The fraction of sp³-hybridized carbons (Fsp3) is 0.778. The molecular weight excluding hydrogens is 204 g/mol. The van der Waals surface area contributed by atoms with Gasteiger partial charge in [0.1, 0.15) is 6.04 Å². The van der Waals surface area contributed by atoms with Crippen molar-refractivity contribution >= 4 is 23.4 Å². The van der Waals surface area contributed by atoms with Crippen molar-refractivity contribution in [3.05, 3.63) is 0 Å². The van der Waals surface area contributed by atoms with Gasteiger partial charge in [-0.25, -0.2) is 0 Å². The van der Waals surface area contributed by atoms with Gasteiger partial charge in [0.15, 0.2) is 0 Å². The van der Waals surface area contributed by atoms with E-state index in [0.29, 0.717) is 6.04 Å². The topological polar surface area (TPSA) is 58.2 Å². The molecule has 2 amide bonds. The molecule has 1 rings (SSSR count).